The minimum Gasteiger partial charge on any atom is -0.494 e. The Bertz CT molecular complexity index is 988. The fourth-order valence-corrected chi connectivity index (χ4v) is 3.59. The van der Waals surface area contributed by atoms with E-state index in [0.29, 0.717) is 30.7 Å². The molecule has 3 rings (SSSR count). The zero-order chi connectivity index (χ0) is 21.3. The Hall–Kier alpha value is -3.08. The van der Waals surface area contributed by atoms with Gasteiger partial charge in [-0.3, -0.25) is 9.59 Å². The van der Waals surface area contributed by atoms with E-state index in [1.165, 1.54) is 19.3 Å². The number of hydrogen-bond acceptors (Lipinski definition) is 3. The molecule has 30 heavy (non-hydrogen) atoms. The summed E-state index contributed by atoms with van der Waals surface area (Å²) in [7, 11) is 0. The number of benzene rings is 2. The van der Waals surface area contributed by atoms with Crippen molar-refractivity contribution in [1.82, 2.24) is 4.57 Å². The minimum atomic E-state index is -0.810. The topological polar surface area (TPSA) is 68.5 Å². The van der Waals surface area contributed by atoms with Crippen molar-refractivity contribution in [3.05, 3.63) is 65.9 Å². The summed E-state index contributed by atoms with van der Waals surface area (Å²) in [5.41, 5.74) is 2.19. The van der Waals surface area contributed by atoms with Gasteiger partial charge < -0.3 is 14.4 Å². The molecule has 0 aliphatic carbocycles. The quantitative estimate of drug-likeness (QED) is 0.309. The summed E-state index contributed by atoms with van der Waals surface area (Å²) in [5, 5.41) is 9.77. The van der Waals surface area contributed by atoms with Gasteiger partial charge in [-0.1, -0.05) is 44.4 Å². The first-order valence-electron chi connectivity index (χ1n) is 10.7. The van der Waals surface area contributed by atoms with Crippen LogP contribution in [0.3, 0.4) is 0 Å². The molecule has 0 amide bonds. The van der Waals surface area contributed by atoms with Crippen molar-refractivity contribution in [3.63, 3.8) is 0 Å². The van der Waals surface area contributed by atoms with E-state index in [0.717, 1.165) is 23.1 Å². The van der Waals surface area contributed by atoms with Gasteiger partial charge in [-0.05, 0) is 43.2 Å². The van der Waals surface area contributed by atoms with Crippen molar-refractivity contribution in [2.24, 2.45) is 0 Å². The molecule has 158 valence electrons. The Morgan fingerprint density at radius 3 is 2.47 bits per heavy atom. The number of carbonyl (C=O) groups excluding carboxylic acids is 1. The second-order valence-electron chi connectivity index (χ2n) is 7.51. The first-order valence-corrected chi connectivity index (χ1v) is 10.7. The fourth-order valence-electron chi connectivity index (χ4n) is 3.59. The van der Waals surface area contributed by atoms with E-state index in [1.54, 1.807) is 12.1 Å². The monoisotopic (exact) mass is 407 g/mol. The fraction of sp³-hybridized carbons (Fsp3) is 0.360. The minimum absolute atomic E-state index is 0.0438. The number of aryl methyl sites for hydroxylation is 1. The molecule has 0 aliphatic rings. The maximum absolute atomic E-state index is 13.2. The third kappa shape index (κ3) is 5.50. The molecule has 0 aliphatic heterocycles. The molecule has 0 unspecified atom stereocenters. The highest BCUT2D eigenvalue weighted by atomic mass is 16.5. The highest BCUT2D eigenvalue weighted by Gasteiger charge is 2.16. The van der Waals surface area contributed by atoms with Gasteiger partial charge in [-0.25, -0.2) is 0 Å². The van der Waals surface area contributed by atoms with Crippen LogP contribution in [-0.2, 0) is 11.3 Å². The molecular weight excluding hydrogens is 378 g/mol. The Labute approximate surface area is 177 Å². The average molecular weight is 408 g/mol. The number of ketones is 1. The number of ether oxygens (including phenoxy) is 1. The number of carboxylic acids is 1. The van der Waals surface area contributed by atoms with Gasteiger partial charge in [0.15, 0.2) is 5.78 Å². The highest BCUT2D eigenvalue weighted by molar-refractivity contribution is 6.16. The molecule has 0 saturated carbocycles. The molecular formula is C25H29NO4. The lowest BCUT2D eigenvalue weighted by atomic mass is 10.0. The number of hydrogen-bond donors (Lipinski definition) is 1. The molecule has 1 aromatic heterocycles. The summed E-state index contributed by atoms with van der Waals surface area (Å²) >= 11 is 0. The molecule has 5 heteroatoms. The standard InChI is InChI=1S/C25H29NO4/c1-2-3-4-7-17-30-20-14-12-19(13-15-20)25(29)22-18-26(16-8-11-24(27)28)23-10-6-5-9-21(22)23/h5-6,9-10,12-15,18H,2-4,7-8,11,16-17H2,1H3,(H,27,28). The van der Waals surface area contributed by atoms with Gasteiger partial charge in [0.25, 0.3) is 0 Å². The Kier molecular flexibility index (Phi) is 7.66. The number of carboxylic acid groups (broad SMARTS) is 1. The lowest BCUT2D eigenvalue weighted by molar-refractivity contribution is -0.137. The smallest absolute Gasteiger partial charge is 0.303 e. The van der Waals surface area contributed by atoms with E-state index in [9.17, 15) is 9.59 Å². The Morgan fingerprint density at radius 1 is 0.967 bits per heavy atom. The van der Waals surface area contributed by atoms with E-state index in [2.05, 4.69) is 6.92 Å². The summed E-state index contributed by atoms with van der Waals surface area (Å²) in [6, 6.07) is 15.0. The molecule has 0 fully saturated rings. The van der Waals surface area contributed by atoms with Crippen LogP contribution in [0.15, 0.2) is 54.7 Å². The van der Waals surface area contributed by atoms with E-state index in [1.807, 2.05) is 47.2 Å². The molecule has 0 radical (unpaired) electrons. The van der Waals surface area contributed by atoms with Crippen LogP contribution in [0.4, 0.5) is 0 Å². The van der Waals surface area contributed by atoms with Gasteiger partial charge in [0, 0.05) is 41.2 Å². The number of unbranched alkanes of at least 4 members (excludes halogenated alkanes) is 3. The molecule has 5 nitrogen and oxygen atoms in total. The first-order chi connectivity index (χ1) is 14.6. The van der Waals surface area contributed by atoms with E-state index < -0.39 is 5.97 Å². The summed E-state index contributed by atoms with van der Waals surface area (Å²) in [4.78, 5) is 24.0. The summed E-state index contributed by atoms with van der Waals surface area (Å²) in [6.45, 7) is 3.44. The van der Waals surface area contributed by atoms with Crippen LogP contribution in [0.2, 0.25) is 0 Å². The maximum Gasteiger partial charge on any atom is 0.303 e. The van der Waals surface area contributed by atoms with E-state index >= 15 is 0 Å². The van der Waals surface area contributed by atoms with Crippen molar-refractivity contribution >= 4 is 22.7 Å². The number of aromatic nitrogens is 1. The van der Waals surface area contributed by atoms with Gasteiger partial charge in [0.05, 0.1) is 6.61 Å². The molecule has 2 aromatic carbocycles. The van der Waals surface area contributed by atoms with Gasteiger partial charge in [0.1, 0.15) is 5.75 Å². The zero-order valence-electron chi connectivity index (χ0n) is 17.5. The van der Waals surface area contributed by atoms with Crippen LogP contribution >= 0.6 is 0 Å². The Balaban J connectivity index is 1.72. The van der Waals surface area contributed by atoms with Gasteiger partial charge in [-0.2, -0.15) is 0 Å². The number of para-hydroxylation sites is 1. The number of fused-ring (bicyclic) bond motifs is 1. The third-order valence-corrected chi connectivity index (χ3v) is 5.21. The lowest BCUT2D eigenvalue weighted by Gasteiger charge is -2.07. The van der Waals surface area contributed by atoms with Crippen LogP contribution in [-0.4, -0.2) is 28.0 Å². The average Bonchev–Trinajstić information content (AvgIpc) is 3.12. The largest absolute Gasteiger partial charge is 0.494 e. The lowest BCUT2D eigenvalue weighted by Crippen LogP contribution is -2.03. The second kappa shape index (κ2) is 10.6. The summed E-state index contributed by atoms with van der Waals surface area (Å²) in [6.07, 6.45) is 7.10. The van der Waals surface area contributed by atoms with Gasteiger partial charge >= 0.3 is 5.97 Å². The number of nitrogens with zero attached hydrogens (tertiary/aromatic N) is 1. The third-order valence-electron chi connectivity index (χ3n) is 5.21. The molecule has 0 atom stereocenters. The summed E-state index contributed by atoms with van der Waals surface area (Å²) < 4.78 is 7.74. The number of rotatable bonds is 12. The predicted octanol–water partition coefficient (Wildman–Crippen LogP) is 5.70. The highest BCUT2D eigenvalue weighted by Crippen LogP contribution is 2.25. The zero-order valence-corrected chi connectivity index (χ0v) is 17.5. The van der Waals surface area contributed by atoms with Crippen LogP contribution in [0.25, 0.3) is 10.9 Å². The van der Waals surface area contributed by atoms with Crippen LogP contribution in [0.5, 0.6) is 5.75 Å². The van der Waals surface area contributed by atoms with E-state index in [4.69, 9.17) is 9.84 Å². The van der Waals surface area contributed by atoms with Crippen molar-refractivity contribution in [2.45, 2.75) is 52.0 Å². The number of carbonyl (C=O) groups is 2. The second-order valence-corrected chi connectivity index (χ2v) is 7.51. The summed E-state index contributed by atoms with van der Waals surface area (Å²) in [5.74, 6) is -0.0766. The SMILES string of the molecule is CCCCCCOc1ccc(C(=O)c2cn(CCCC(=O)O)c3ccccc23)cc1. The first kappa shape index (κ1) is 21.6. The molecule has 1 heterocycles. The normalized spacial score (nSPS) is 11.0. The molecule has 0 saturated heterocycles. The maximum atomic E-state index is 13.2. The molecule has 0 bridgehead atoms. The number of aliphatic carboxylic acids is 1. The predicted molar refractivity (Wildman–Crippen MR) is 118 cm³/mol. The van der Waals surface area contributed by atoms with E-state index in [-0.39, 0.29) is 12.2 Å². The van der Waals surface area contributed by atoms with Gasteiger partial charge in [0.2, 0.25) is 0 Å². The van der Waals surface area contributed by atoms with Crippen molar-refractivity contribution in [1.29, 1.82) is 0 Å². The molecule has 1 N–H and O–H groups in total. The molecule has 0 spiro atoms. The van der Waals surface area contributed by atoms with Crippen LogP contribution in [0, 0.1) is 0 Å². The Morgan fingerprint density at radius 2 is 1.73 bits per heavy atom. The van der Waals surface area contributed by atoms with Gasteiger partial charge in [-0.15, -0.1) is 0 Å². The van der Waals surface area contributed by atoms with Crippen molar-refractivity contribution in [2.75, 3.05) is 6.61 Å². The van der Waals surface area contributed by atoms with Crippen molar-refractivity contribution in [3.8, 4) is 5.75 Å². The van der Waals surface area contributed by atoms with Crippen LogP contribution < -0.4 is 4.74 Å². The molecule has 3 aromatic rings. The van der Waals surface area contributed by atoms with Crippen LogP contribution in [0.1, 0.15) is 61.4 Å². The van der Waals surface area contributed by atoms with Crippen molar-refractivity contribution < 1.29 is 19.4 Å².